The molecule has 1 aromatic rings. The quantitative estimate of drug-likeness (QED) is 0.880. The SMILES string of the molecule is CC(C)C[C@H](N)C(=O)N1CCN(c2ccc(O)cc2)CC1. The Morgan fingerprint density at radius 2 is 1.76 bits per heavy atom. The average molecular weight is 291 g/mol. The molecule has 1 fully saturated rings. The third-order valence-electron chi connectivity index (χ3n) is 3.85. The summed E-state index contributed by atoms with van der Waals surface area (Å²) < 4.78 is 0. The highest BCUT2D eigenvalue weighted by Gasteiger charge is 2.25. The number of rotatable bonds is 4. The van der Waals surface area contributed by atoms with E-state index < -0.39 is 0 Å². The lowest BCUT2D eigenvalue weighted by Gasteiger charge is -2.37. The lowest BCUT2D eigenvalue weighted by molar-refractivity contribution is -0.133. The molecule has 1 amide bonds. The third kappa shape index (κ3) is 4.11. The van der Waals surface area contributed by atoms with Crippen molar-refractivity contribution < 1.29 is 9.90 Å². The molecule has 1 aliphatic heterocycles. The van der Waals surface area contributed by atoms with E-state index in [9.17, 15) is 9.90 Å². The fourth-order valence-corrected chi connectivity index (χ4v) is 2.69. The lowest BCUT2D eigenvalue weighted by atomic mass is 10.0. The number of piperazine rings is 1. The molecule has 1 atom stereocenters. The molecule has 0 spiro atoms. The Morgan fingerprint density at radius 1 is 1.19 bits per heavy atom. The number of hydrogen-bond donors (Lipinski definition) is 2. The topological polar surface area (TPSA) is 69.8 Å². The van der Waals surface area contributed by atoms with Crippen LogP contribution >= 0.6 is 0 Å². The van der Waals surface area contributed by atoms with Crippen LogP contribution in [0.25, 0.3) is 0 Å². The predicted octanol–water partition coefficient (Wildman–Crippen LogP) is 1.41. The minimum absolute atomic E-state index is 0.0639. The fourth-order valence-electron chi connectivity index (χ4n) is 2.69. The molecule has 0 unspecified atom stereocenters. The Balaban J connectivity index is 1.88. The molecule has 1 aliphatic rings. The van der Waals surface area contributed by atoms with Crippen LogP contribution < -0.4 is 10.6 Å². The van der Waals surface area contributed by atoms with E-state index in [0.717, 1.165) is 25.2 Å². The van der Waals surface area contributed by atoms with Gasteiger partial charge in [-0.2, -0.15) is 0 Å². The van der Waals surface area contributed by atoms with Gasteiger partial charge in [0.1, 0.15) is 5.75 Å². The second-order valence-corrected chi connectivity index (χ2v) is 6.06. The minimum Gasteiger partial charge on any atom is -0.508 e. The van der Waals surface area contributed by atoms with E-state index in [0.29, 0.717) is 19.0 Å². The maximum absolute atomic E-state index is 12.3. The Morgan fingerprint density at radius 3 is 2.29 bits per heavy atom. The molecule has 3 N–H and O–H groups in total. The van der Waals surface area contributed by atoms with Gasteiger partial charge in [0.25, 0.3) is 0 Å². The minimum atomic E-state index is -0.384. The van der Waals surface area contributed by atoms with Crippen molar-refractivity contribution in [2.45, 2.75) is 26.3 Å². The number of nitrogens with zero attached hydrogens (tertiary/aromatic N) is 2. The summed E-state index contributed by atoms with van der Waals surface area (Å²) in [5, 5.41) is 9.32. The maximum Gasteiger partial charge on any atom is 0.239 e. The number of phenols is 1. The molecule has 0 saturated carbocycles. The Hall–Kier alpha value is -1.75. The van der Waals surface area contributed by atoms with E-state index in [1.54, 1.807) is 12.1 Å². The Kier molecular flexibility index (Phi) is 5.07. The lowest BCUT2D eigenvalue weighted by Crippen LogP contribution is -2.53. The highest BCUT2D eigenvalue weighted by atomic mass is 16.3. The number of amides is 1. The standard InChI is InChI=1S/C16H25N3O2/c1-12(2)11-15(17)16(21)19-9-7-18(8-10-19)13-3-5-14(20)6-4-13/h3-6,12,15,20H,7-11,17H2,1-2H3/t15-/m0/s1. The predicted molar refractivity (Wildman–Crippen MR) is 84.3 cm³/mol. The van der Waals surface area contributed by atoms with Gasteiger partial charge in [0, 0.05) is 31.9 Å². The van der Waals surface area contributed by atoms with Crippen molar-refractivity contribution in [3.8, 4) is 5.75 Å². The van der Waals surface area contributed by atoms with Crippen molar-refractivity contribution in [3.05, 3.63) is 24.3 Å². The second kappa shape index (κ2) is 6.80. The monoisotopic (exact) mass is 291 g/mol. The van der Waals surface area contributed by atoms with Crippen LogP contribution in [0.5, 0.6) is 5.75 Å². The Labute approximate surface area is 126 Å². The summed E-state index contributed by atoms with van der Waals surface area (Å²) in [5.74, 6) is 0.767. The largest absolute Gasteiger partial charge is 0.508 e. The van der Waals surface area contributed by atoms with Gasteiger partial charge in [0.05, 0.1) is 6.04 Å². The van der Waals surface area contributed by atoms with Gasteiger partial charge >= 0.3 is 0 Å². The van der Waals surface area contributed by atoms with Crippen molar-refractivity contribution in [2.75, 3.05) is 31.1 Å². The molecule has 0 radical (unpaired) electrons. The van der Waals surface area contributed by atoms with E-state index in [4.69, 9.17) is 5.73 Å². The first-order chi connectivity index (χ1) is 9.97. The van der Waals surface area contributed by atoms with Crippen molar-refractivity contribution >= 4 is 11.6 Å². The summed E-state index contributed by atoms with van der Waals surface area (Å²) in [6.07, 6.45) is 0.733. The molecule has 2 rings (SSSR count). The average Bonchev–Trinajstić information content (AvgIpc) is 2.47. The van der Waals surface area contributed by atoms with Crippen LogP contribution in [0.4, 0.5) is 5.69 Å². The number of carbonyl (C=O) groups excluding carboxylic acids is 1. The third-order valence-corrected chi connectivity index (χ3v) is 3.85. The molecule has 21 heavy (non-hydrogen) atoms. The number of phenolic OH excluding ortho intramolecular Hbond substituents is 1. The first kappa shape index (κ1) is 15.6. The summed E-state index contributed by atoms with van der Waals surface area (Å²) in [7, 11) is 0. The molecule has 5 heteroatoms. The van der Waals surface area contributed by atoms with Crippen LogP contribution in [-0.2, 0) is 4.79 Å². The van der Waals surface area contributed by atoms with E-state index in [-0.39, 0.29) is 17.7 Å². The summed E-state index contributed by atoms with van der Waals surface area (Å²) in [6, 6.07) is 6.79. The van der Waals surface area contributed by atoms with Crippen LogP contribution in [0.2, 0.25) is 0 Å². The molecule has 1 aromatic carbocycles. The van der Waals surface area contributed by atoms with Crippen molar-refractivity contribution in [1.82, 2.24) is 4.90 Å². The van der Waals surface area contributed by atoms with Crippen molar-refractivity contribution in [3.63, 3.8) is 0 Å². The fraction of sp³-hybridized carbons (Fsp3) is 0.562. The van der Waals surface area contributed by atoms with Gasteiger partial charge in [-0.05, 0) is 36.6 Å². The molecular formula is C16H25N3O2. The molecule has 116 valence electrons. The zero-order valence-electron chi connectivity index (χ0n) is 12.8. The molecule has 0 aromatic heterocycles. The van der Waals surface area contributed by atoms with Crippen molar-refractivity contribution in [1.29, 1.82) is 0 Å². The van der Waals surface area contributed by atoms with Gasteiger partial charge in [-0.3, -0.25) is 4.79 Å². The molecule has 0 aliphatic carbocycles. The van der Waals surface area contributed by atoms with Gasteiger partial charge in [0.15, 0.2) is 0 Å². The van der Waals surface area contributed by atoms with Crippen LogP contribution in [0.1, 0.15) is 20.3 Å². The molecule has 1 heterocycles. The number of hydrogen-bond acceptors (Lipinski definition) is 4. The first-order valence-electron chi connectivity index (χ1n) is 7.55. The van der Waals surface area contributed by atoms with Gasteiger partial charge in [-0.15, -0.1) is 0 Å². The Bertz CT molecular complexity index is 465. The highest BCUT2D eigenvalue weighted by molar-refractivity contribution is 5.82. The number of aromatic hydroxyl groups is 1. The zero-order valence-corrected chi connectivity index (χ0v) is 12.8. The van der Waals surface area contributed by atoms with Crippen LogP contribution in [-0.4, -0.2) is 48.1 Å². The number of anilines is 1. The maximum atomic E-state index is 12.3. The van der Waals surface area contributed by atoms with E-state index in [1.807, 2.05) is 17.0 Å². The number of carbonyl (C=O) groups is 1. The number of benzene rings is 1. The zero-order chi connectivity index (χ0) is 15.4. The van der Waals surface area contributed by atoms with Gasteiger partial charge in [-0.1, -0.05) is 13.8 Å². The van der Waals surface area contributed by atoms with E-state index in [1.165, 1.54) is 0 Å². The second-order valence-electron chi connectivity index (χ2n) is 6.06. The van der Waals surface area contributed by atoms with Gasteiger partial charge in [0.2, 0.25) is 5.91 Å². The van der Waals surface area contributed by atoms with Crippen molar-refractivity contribution in [2.24, 2.45) is 11.7 Å². The summed E-state index contributed by atoms with van der Waals surface area (Å²) in [5.41, 5.74) is 7.05. The van der Waals surface area contributed by atoms with Crippen LogP contribution in [0.15, 0.2) is 24.3 Å². The van der Waals surface area contributed by atoms with E-state index >= 15 is 0 Å². The molecule has 1 saturated heterocycles. The van der Waals surface area contributed by atoms with Crippen LogP contribution in [0, 0.1) is 5.92 Å². The highest BCUT2D eigenvalue weighted by Crippen LogP contribution is 2.20. The van der Waals surface area contributed by atoms with Gasteiger partial charge in [-0.25, -0.2) is 0 Å². The normalized spacial score (nSPS) is 17.1. The summed E-state index contributed by atoms with van der Waals surface area (Å²) >= 11 is 0. The number of nitrogens with two attached hydrogens (primary N) is 1. The van der Waals surface area contributed by atoms with E-state index in [2.05, 4.69) is 18.7 Å². The smallest absolute Gasteiger partial charge is 0.239 e. The summed E-state index contributed by atoms with van der Waals surface area (Å²) in [4.78, 5) is 16.4. The molecular weight excluding hydrogens is 266 g/mol. The summed E-state index contributed by atoms with van der Waals surface area (Å²) in [6.45, 7) is 7.15. The molecule has 0 bridgehead atoms. The van der Waals surface area contributed by atoms with Crippen LogP contribution in [0.3, 0.4) is 0 Å². The molecule has 5 nitrogen and oxygen atoms in total. The first-order valence-corrected chi connectivity index (χ1v) is 7.55. The van der Waals surface area contributed by atoms with Gasteiger partial charge < -0.3 is 20.6 Å².